The molecule has 0 aliphatic heterocycles. The van der Waals surface area contributed by atoms with Gasteiger partial charge in [-0.25, -0.2) is 14.0 Å². The van der Waals surface area contributed by atoms with Gasteiger partial charge in [-0.3, -0.25) is 4.57 Å². The van der Waals surface area contributed by atoms with Gasteiger partial charge in [0.25, 0.3) is 0 Å². The molecule has 2 atom stereocenters. The quantitative estimate of drug-likeness (QED) is 0.225. The molecule has 0 bridgehead atoms. The van der Waals surface area contributed by atoms with E-state index in [-0.39, 0.29) is 22.2 Å². The summed E-state index contributed by atoms with van der Waals surface area (Å²) in [5, 5.41) is 11.1. The third-order valence-corrected chi connectivity index (χ3v) is 6.82. The van der Waals surface area contributed by atoms with Gasteiger partial charge in [0.1, 0.15) is 5.82 Å². The number of hydrogen-bond acceptors (Lipinski definition) is 5. The highest BCUT2D eigenvalue weighted by molar-refractivity contribution is 5.90. The van der Waals surface area contributed by atoms with Crippen molar-refractivity contribution in [1.82, 2.24) is 4.57 Å². The van der Waals surface area contributed by atoms with Crippen LogP contribution in [0.4, 0.5) is 30.7 Å². The lowest BCUT2D eigenvalue weighted by molar-refractivity contribution is -0.275. The van der Waals surface area contributed by atoms with E-state index in [1.807, 2.05) is 0 Å². The molecule has 0 aliphatic rings. The van der Waals surface area contributed by atoms with Crippen LogP contribution < -0.4 is 5.76 Å². The van der Waals surface area contributed by atoms with Crippen LogP contribution in [0.25, 0.3) is 22.2 Å². The molecule has 1 aromatic heterocycles. The number of ether oxygens (including phenoxy) is 1. The summed E-state index contributed by atoms with van der Waals surface area (Å²) in [6.07, 6.45) is -10.6. The number of benzene rings is 3. The Labute approximate surface area is 221 Å². The van der Waals surface area contributed by atoms with Crippen LogP contribution in [0.5, 0.6) is 0 Å². The lowest BCUT2D eigenvalue weighted by Crippen LogP contribution is -2.47. The Morgan fingerprint density at radius 1 is 0.975 bits per heavy atom. The molecule has 6 nitrogen and oxygen atoms in total. The van der Waals surface area contributed by atoms with Crippen molar-refractivity contribution in [3.63, 3.8) is 0 Å². The van der Waals surface area contributed by atoms with Gasteiger partial charge in [-0.1, -0.05) is 31.2 Å². The number of carbonyl (C=O) groups is 1. The molecular formula is C27H20F7NO5. The van der Waals surface area contributed by atoms with Crippen molar-refractivity contribution in [2.24, 2.45) is 7.05 Å². The van der Waals surface area contributed by atoms with E-state index in [1.165, 1.54) is 7.05 Å². The van der Waals surface area contributed by atoms with Gasteiger partial charge in [0.2, 0.25) is 0 Å². The molecular weight excluding hydrogens is 551 g/mol. The first-order valence-electron chi connectivity index (χ1n) is 11.5. The number of oxazole rings is 1. The number of alkyl halides is 6. The van der Waals surface area contributed by atoms with Crippen LogP contribution in [-0.2, 0) is 23.6 Å². The molecule has 0 saturated heterocycles. The van der Waals surface area contributed by atoms with Crippen LogP contribution in [0.2, 0.25) is 0 Å². The van der Waals surface area contributed by atoms with Crippen molar-refractivity contribution in [3.8, 4) is 11.1 Å². The maximum absolute atomic E-state index is 14.5. The van der Waals surface area contributed by atoms with Gasteiger partial charge in [0.15, 0.2) is 11.2 Å². The number of hydrogen-bond donors (Lipinski definition) is 1. The smallest absolute Gasteiger partial charge is 0.422 e. The first kappa shape index (κ1) is 28.9. The summed E-state index contributed by atoms with van der Waals surface area (Å²) in [6.45, 7) is 0.793. The number of halogens is 7. The number of carbonyl (C=O) groups excluding carboxylic acids is 1. The van der Waals surface area contributed by atoms with E-state index < -0.39 is 63.7 Å². The molecule has 13 heteroatoms. The van der Waals surface area contributed by atoms with E-state index in [4.69, 9.17) is 4.42 Å². The van der Waals surface area contributed by atoms with E-state index in [0.29, 0.717) is 6.07 Å². The minimum atomic E-state index is -5.46. The van der Waals surface area contributed by atoms with E-state index in [0.717, 1.165) is 67.1 Å². The fourth-order valence-corrected chi connectivity index (χ4v) is 4.58. The maximum atomic E-state index is 14.5. The van der Waals surface area contributed by atoms with Gasteiger partial charge in [-0.05, 0) is 52.6 Å². The summed E-state index contributed by atoms with van der Waals surface area (Å²) in [6, 6.07) is 7.98. The normalized spacial score (nSPS) is 14.7. The Hall–Kier alpha value is -4.13. The molecule has 40 heavy (non-hydrogen) atoms. The number of rotatable bonds is 5. The zero-order chi connectivity index (χ0) is 29.8. The predicted molar refractivity (Wildman–Crippen MR) is 128 cm³/mol. The molecule has 0 aliphatic carbocycles. The van der Waals surface area contributed by atoms with Crippen molar-refractivity contribution >= 4 is 17.1 Å². The molecule has 1 N–H and O–H groups in total. The maximum Gasteiger partial charge on any atom is 0.422 e. The van der Waals surface area contributed by atoms with Gasteiger partial charge >= 0.3 is 24.1 Å². The molecule has 0 radical (unpaired) electrons. The molecule has 212 valence electrons. The highest BCUT2D eigenvalue weighted by atomic mass is 19.4. The average molecular weight is 571 g/mol. The molecule has 0 fully saturated rings. The van der Waals surface area contributed by atoms with E-state index >= 15 is 0 Å². The lowest BCUT2D eigenvalue weighted by atomic mass is 9.75. The van der Waals surface area contributed by atoms with E-state index in [9.17, 15) is 45.4 Å². The SMILES string of the molecule is COC(=O)c1ccc(-c2ccc(C(C)C(O)(c3ccc4oc(=O)n(C)c4c3)C(F)(F)F)c(C(F)(F)F)c2)cc1F. The first-order valence-corrected chi connectivity index (χ1v) is 11.5. The number of aryl methyl sites for hydroxylation is 1. The molecule has 2 unspecified atom stereocenters. The summed E-state index contributed by atoms with van der Waals surface area (Å²) in [7, 11) is 2.23. The van der Waals surface area contributed by atoms with E-state index in [1.54, 1.807) is 0 Å². The Morgan fingerprint density at radius 3 is 2.17 bits per heavy atom. The second-order valence-electron chi connectivity index (χ2n) is 9.08. The van der Waals surface area contributed by atoms with Crippen molar-refractivity contribution in [2.75, 3.05) is 7.11 Å². The summed E-state index contributed by atoms with van der Waals surface area (Å²) >= 11 is 0. The monoisotopic (exact) mass is 571 g/mol. The fraction of sp³-hybridized carbons (Fsp3) is 0.259. The van der Waals surface area contributed by atoms with Crippen LogP contribution >= 0.6 is 0 Å². The Balaban J connectivity index is 1.88. The summed E-state index contributed by atoms with van der Waals surface area (Å²) in [5.41, 5.74) is -7.97. The highest BCUT2D eigenvalue weighted by Crippen LogP contribution is 2.51. The van der Waals surface area contributed by atoms with Gasteiger partial charge in [-0.15, -0.1) is 0 Å². The van der Waals surface area contributed by atoms with Gasteiger partial charge < -0.3 is 14.3 Å². The Bertz CT molecular complexity index is 1670. The summed E-state index contributed by atoms with van der Waals surface area (Å²) in [4.78, 5) is 23.4. The Morgan fingerprint density at radius 2 is 1.60 bits per heavy atom. The van der Waals surface area contributed by atoms with Crippen LogP contribution in [0.3, 0.4) is 0 Å². The first-order chi connectivity index (χ1) is 18.5. The number of aliphatic hydroxyl groups is 1. The van der Waals surface area contributed by atoms with Crippen molar-refractivity contribution < 1.29 is 49.8 Å². The fourth-order valence-electron chi connectivity index (χ4n) is 4.58. The molecule has 0 spiro atoms. The molecule has 3 aromatic carbocycles. The predicted octanol–water partition coefficient (Wildman–Crippen LogP) is 6.30. The average Bonchev–Trinajstić information content (AvgIpc) is 3.18. The molecule has 0 saturated carbocycles. The van der Waals surface area contributed by atoms with Gasteiger partial charge in [-0.2, -0.15) is 26.3 Å². The second-order valence-corrected chi connectivity index (χ2v) is 9.08. The third kappa shape index (κ3) is 4.74. The minimum absolute atomic E-state index is 0.0841. The van der Waals surface area contributed by atoms with Gasteiger partial charge in [0, 0.05) is 13.0 Å². The standard InChI is InChI=1S/C27H20F7NO5/c1-13(25(38,27(32,33)34)16-6-9-22-21(12-16)35(2)24(37)40-22)17-7-4-14(10-19(17)26(29,30)31)15-5-8-18(20(28)11-15)23(36)39-3/h4-13,38H,1-3H3. The van der Waals surface area contributed by atoms with E-state index in [2.05, 4.69) is 4.74 Å². The number of methoxy groups -OCH3 is 1. The molecule has 4 aromatic rings. The number of esters is 1. The number of fused-ring (bicyclic) bond motifs is 1. The Kier molecular flexibility index (Phi) is 7.08. The third-order valence-electron chi connectivity index (χ3n) is 6.82. The number of aromatic nitrogens is 1. The lowest BCUT2D eigenvalue weighted by Gasteiger charge is -2.37. The zero-order valence-corrected chi connectivity index (χ0v) is 20.9. The highest BCUT2D eigenvalue weighted by Gasteiger charge is 2.59. The summed E-state index contributed by atoms with van der Waals surface area (Å²) in [5.74, 6) is -5.19. The molecule has 0 amide bonds. The minimum Gasteiger partial charge on any atom is -0.465 e. The van der Waals surface area contributed by atoms with Crippen LogP contribution in [-0.4, -0.2) is 28.9 Å². The van der Waals surface area contributed by atoms with Gasteiger partial charge in [0.05, 0.1) is 23.8 Å². The second kappa shape index (κ2) is 9.81. The van der Waals surface area contributed by atoms with Crippen LogP contribution in [0.1, 0.15) is 39.9 Å². The molecule has 1 heterocycles. The molecule has 4 rings (SSSR count). The largest absolute Gasteiger partial charge is 0.465 e. The van der Waals surface area contributed by atoms with Crippen LogP contribution in [0, 0.1) is 5.82 Å². The van der Waals surface area contributed by atoms with Crippen molar-refractivity contribution in [3.05, 3.63) is 93.2 Å². The zero-order valence-electron chi connectivity index (χ0n) is 20.9. The number of nitrogens with zero attached hydrogens (tertiary/aromatic N) is 1. The summed E-state index contributed by atoms with van der Waals surface area (Å²) < 4.78 is 111. The van der Waals surface area contributed by atoms with Crippen LogP contribution in [0.15, 0.2) is 63.8 Å². The topological polar surface area (TPSA) is 81.7 Å². The van der Waals surface area contributed by atoms with Crippen molar-refractivity contribution in [2.45, 2.75) is 30.8 Å². The van der Waals surface area contributed by atoms with Crippen molar-refractivity contribution in [1.29, 1.82) is 0 Å².